The lowest BCUT2D eigenvalue weighted by molar-refractivity contribution is 1.27. The Balaban J connectivity index is 2.50. The van der Waals surface area contributed by atoms with Crippen molar-refractivity contribution in [2.24, 2.45) is 10.2 Å². The van der Waals surface area contributed by atoms with E-state index in [4.69, 9.17) is 0 Å². The van der Waals surface area contributed by atoms with Gasteiger partial charge in [0.15, 0.2) is 0 Å². The van der Waals surface area contributed by atoms with E-state index in [1.165, 1.54) is 0 Å². The molecular formula is C11H12N2. The van der Waals surface area contributed by atoms with Crippen molar-refractivity contribution in [2.75, 3.05) is 0 Å². The summed E-state index contributed by atoms with van der Waals surface area (Å²) >= 11 is 0. The number of allylic oxidation sites excluding steroid dienone is 1. The number of nitrogens with zero attached hydrogens (tertiary/aromatic N) is 2. The average Bonchev–Trinajstić information content (AvgIpc) is 2.19. The molecule has 0 amide bonds. The van der Waals surface area contributed by atoms with Crippen molar-refractivity contribution in [3.63, 3.8) is 0 Å². The number of hydrogen-bond donors (Lipinski definition) is 0. The molecule has 0 aliphatic rings. The largest absolute Gasteiger partial charge is 0.164 e. The van der Waals surface area contributed by atoms with Crippen molar-refractivity contribution in [3.05, 3.63) is 42.0 Å². The van der Waals surface area contributed by atoms with Gasteiger partial charge in [0.05, 0.1) is 0 Å². The van der Waals surface area contributed by atoms with Crippen molar-refractivity contribution in [1.82, 2.24) is 0 Å². The van der Waals surface area contributed by atoms with E-state index >= 15 is 0 Å². The Bertz CT molecular complexity index is 310. The minimum Gasteiger partial charge on any atom is -0.164 e. The van der Waals surface area contributed by atoms with Gasteiger partial charge >= 0.3 is 0 Å². The maximum absolute atomic E-state index is 3.76. The fourth-order valence-electron chi connectivity index (χ4n) is 0.862. The van der Waals surface area contributed by atoms with Gasteiger partial charge in [-0.25, -0.2) is 0 Å². The van der Waals surface area contributed by atoms with Crippen LogP contribution in [-0.4, -0.2) is 12.4 Å². The van der Waals surface area contributed by atoms with Gasteiger partial charge in [-0.15, -0.1) is 0 Å². The van der Waals surface area contributed by atoms with E-state index in [-0.39, 0.29) is 0 Å². The fourth-order valence-corrected chi connectivity index (χ4v) is 0.862. The normalized spacial score (nSPS) is 12.1. The molecule has 1 aromatic rings. The van der Waals surface area contributed by atoms with Gasteiger partial charge < -0.3 is 0 Å². The Morgan fingerprint density at radius 1 is 1.08 bits per heavy atom. The topological polar surface area (TPSA) is 24.7 Å². The van der Waals surface area contributed by atoms with E-state index in [9.17, 15) is 0 Å². The van der Waals surface area contributed by atoms with Crippen molar-refractivity contribution in [3.8, 4) is 0 Å². The predicted molar refractivity (Wildman–Crippen MR) is 58.1 cm³/mol. The number of rotatable bonds is 3. The third-order valence-electron chi connectivity index (χ3n) is 1.42. The maximum Gasteiger partial charge on any atom is 0.0495 e. The molecule has 0 aliphatic heterocycles. The van der Waals surface area contributed by atoms with Gasteiger partial charge in [-0.05, 0) is 18.6 Å². The molecule has 1 rings (SSSR count). The molecule has 0 unspecified atom stereocenters. The van der Waals surface area contributed by atoms with Crippen molar-refractivity contribution in [1.29, 1.82) is 0 Å². The molecule has 0 aromatic heterocycles. The van der Waals surface area contributed by atoms with E-state index in [1.54, 1.807) is 12.4 Å². The van der Waals surface area contributed by atoms with Gasteiger partial charge in [-0.2, -0.15) is 10.2 Å². The summed E-state index contributed by atoms with van der Waals surface area (Å²) in [5.41, 5.74) is 1.16. The standard InChI is InChI=1S/C11H12N2/c1-2-12-13-10-6-9-11-7-4-3-5-8-11/h2-10H,1H3/b9-6+,12-2+,13-10+. The van der Waals surface area contributed by atoms with Crippen LogP contribution in [0.2, 0.25) is 0 Å². The van der Waals surface area contributed by atoms with E-state index in [1.807, 2.05) is 49.4 Å². The van der Waals surface area contributed by atoms with Crippen LogP contribution in [-0.2, 0) is 0 Å². The molecule has 0 heterocycles. The third kappa shape index (κ3) is 4.01. The van der Waals surface area contributed by atoms with Gasteiger partial charge in [0.25, 0.3) is 0 Å². The molecule has 0 N–H and O–H groups in total. The van der Waals surface area contributed by atoms with Crippen molar-refractivity contribution in [2.45, 2.75) is 6.92 Å². The Kier molecular flexibility index (Phi) is 4.25. The zero-order valence-electron chi connectivity index (χ0n) is 7.59. The SMILES string of the molecule is C/C=N/N=C/C=C/c1ccccc1. The van der Waals surface area contributed by atoms with Crippen LogP contribution in [0.1, 0.15) is 12.5 Å². The van der Waals surface area contributed by atoms with Gasteiger partial charge in [0.1, 0.15) is 0 Å². The van der Waals surface area contributed by atoms with Crippen molar-refractivity contribution >= 4 is 18.5 Å². The summed E-state index contributed by atoms with van der Waals surface area (Å²) < 4.78 is 0. The van der Waals surface area contributed by atoms with Crippen LogP contribution in [0, 0.1) is 0 Å². The first-order valence-corrected chi connectivity index (χ1v) is 4.16. The summed E-state index contributed by atoms with van der Waals surface area (Å²) in [7, 11) is 0. The Hall–Kier alpha value is -1.70. The molecule has 0 atom stereocenters. The van der Waals surface area contributed by atoms with Crippen LogP contribution in [0.25, 0.3) is 6.08 Å². The fraction of sp³-hybridized carbons (Fsp3) is 0.0909. The third-order valence-corrected chi connectivity index (χ3v) is 1.42. The molecule has 0 spiro atoms. The van der Waals surface area contributed by atoms with Gasteiger partial charge in [-0.3, -0.25) is 0 Å². The molecule has 66 valence electrons. The lowest BCUT2D eigenvalue weighted by atomic mass is 10.2. The lowest BCUT2D eigenvalue weighted by Gasteiger charge is -1.87. The molecule has 0 aliphatic carbocycles. The van der Waals surface area contributed by atoms with Gasteiger partial charge in [-0.1, -0.05) is 36.4 Å². The molecular weight excluding hydrogens is 160 g/mol. The second-order valence-corrected chi connectivity index (χ2v) is 2.41. The zero-order chi connectivity index (χ0) is 9.36. The summed E-state index contributed by atoms with van der Waals surface area (Å²) in [6, 6.07) is 10.1. The zero-order valence-corrected chi connectivity index (χ0v) is 7.59. The summed E-state index contributed by atoms with van der Waals surface area (Å²) in [6.45, 7) is 1.83. The summed E-state index contributed by atoms with van der Waals surface area (Å²) in [6.07, 6.45) is 7.15. The van der Waals surface area contributed by atoms with Crippen LogP contribution in [0.3, 0.4) is 0 Å². The average molecular weight is 172 g/mol. The van der Waals surface area contributed by atoms with E-state index in [0.717, 1.165) is 5.56 Å². The summed E-state index contributed by atoms with van der Waals surface area (Å²) in [4.78, 5) is 0. The smallest absolute Gasteiger partial charge is 0.0495 e. The van der Waals surface area contributed by atoms with Crippen LogP contribution >= 0.6 is 0 Å². The molecule has 1 aromatic carbocycles. The second-order valence-electron chi connectivity index (χ2n) is 2.41. The minimum absolute atomic E-state index is 1.16. The first-order valence-electron chi connectivity index (χ1n) is 4.16. The molecule has 2 heteroatoms. The van der Waals surface area contributed by atoms with E-state index in [0.29, 0.717) is 0 Å². The highest BCUT2D eigenvalue weighted by atomic mass is 15.2. The van der Waals surface area contributed by atoms with Crippen LogP contribution in [0.4, 0.5) is 0 Å². The molecule has 2 nitrogen and oxygen atoms in total. The molecule has 0 saturated heterocycles. The maximum atomic E-state index is 3.76. The van der Waals surface area contributed by atoms with Gasteiger partial charge in [0, 0.05) is 12.4 Å². The summed E-state index contributed by atoms with van der Waals surface area (Å²) in [5.74, 6) is 0. The molecule has 0 fully saturated rings. The highest BCUT2D eigenvalue weighted by Crippen LogP contribution is 1.99. The quantitative estimate of drug-likeness (QED) is 0.494. The summed E-state index contributed by atoms with van der Waals surface area (Å²) in [5, 5.41) is 7.46. The second kappa shape index (κ2) is 5.89. The van der Waals surface area contributed by atoms with E-state index in [2.05, 4.69) is 10.2 Å². The Labute approximate surface area is 78.3 Å². The molecule has 0 bridgehead atoms. The molecule has 13 heavy (non-hydrogen) atoms. The van der Waals surface area contributed by atoms with Crippen LogP contribution in [0.15, 0.2) is 46.6 Å². The van der Waals surface area contributed by atoms with Crippen LogP contribution in [0.5, 0.6) is 0 Å². The van der Waals surface area contributed by atoms with Crippen LogP contribution < -0.4 is 0 Å². The highest BCUT2D eigenvalue weighted by Gasteiger charge is 1.79. The van der Waals surface area contributed by atoms with Crippen molar-refractivity contribution < 1.29 is 0 Å². The minimum atomic E-state index is 1.16. The molecule has 0 saturated carbocycles. The van der Waals surface area contributed by atoms with Gasteiger partial charge in [0.2, 0.25) is 0 Å². The van der Waals surface area contributed by atoms with E-state index < -0.39 is 0 Å². The Morgan fingerprint density at radius 3 is 2.54 bits per heavy atom. The number of hydrogen-bond acceptors (Lipinski definition) is 2. The lowest BCUT2D eigenvalue weighted by Crippen LogP contribution is -1.69. The molecule has 0 radical (unpaired) electrons. The first kappa shape index (κ1) is 9.39. The first-order chi connectivity index (χ1) is 6.43. The Morgan fingerprint density at radius 2 is 1.85 bits per heavy atom. The highest BCUT2D eigenvalue weighted by molar-refractivity contribution is 5.78. The monoisotopic (exact) mass is 172 g/mol. The predicted octanol–water partition coefficient (Wildman–Crippen LogP) is 2.78. The number of benzene rings is 1.